The molecule has 13 heavy (non-hydrogen) atoms. The molecule has 0 amide bonds. The largest absolute Gasteiger partial charge is 0.319 e. The van der Waals surface area contributed by atoms with Crippen LogP contribution >= 0.6 is 0 Å². The summed E-state index contributed by atoms with van der Waals surface area (Å²) in [5, 5.41) is 6.71. The molecule has 0 aliphatic heterocycles. The SMILES string of the molecule is CCC(C)(C)CNCC(C)CNC. The van der Waals surface area contributed by atoms with Crippen LogP contribution in [0.5, 0.6) is 0 Å². The maximum absolute atomic E-state index is 3.52. The predicted octanol–water partition coefficient (Wildman–Crippen LogP) is 1.87. The highest BCUT2D eigenvalue weighted by Gasteiger charge is 2.14. The van der Waals surface area contributed by atoms with E-state index in [2.05, 4.69) is 38.3 Å². The van der Waals surface area contributed by atoms with Gasteiger partial charge in [-0.3, -0.25) is 0 Å². The Labute approximate surface area is 83.5 Å². The maximum atomic E-state index is 3.52. The fourth-order valence-electron chi connectivity index (χ4n) is 1.20. The van der Waals surface area contributed by atoms with Crippen molar-refractivity contribution in [2.24, 2.45) is 11.3 Å². The lowest BCUT2D eigenvalue weighted by Crippen LogP contribution is -2.34. The molecule has 0 aromatic carbocycles. The van der Waals surface area contributed by atoms with Crippen molar-refractivity contribution >= 4 is 0 Å². The molecular weight excluding hydrogens is 160 g/mol. The van der Waals surface area contributed by atoms with E-state index in [1.807, 2.05) is 7.05 Å². The van der Waals surface area contributed by atoms with Crippen LogP contribution in [-0.4, -0.2) is 26.7 Å². The van der Waals surface area contributed by atoms with E-state index in [1.165, 1.54) is 6.42 Å². The number of hydrogen-bond donors (Lipinski definition) is 2. The fraction of sp³-hybridized carbons (Fsp3) is 1.00. The molecule has 0 aromatic rings. The lowest BCUT2D eigenvalue weighted by Gasteiger charge is -2.24. The first-order valence-electron chi connectivity index (χ1n) is 5.37. The molecule has 2 nitrogen and oxygen atoms in total. The Bertz CT molecular complexity index is 121. The van der Waals surface area contributed by atoms with Gasteiger partial charge in [-0.15, -0.1) is 0 Å². The third kappa shape index (κ3) is 7.03. The molecule has 1 unspecified atom stereocenters. The highest BCUT2D eigenvalue weighted by atomic mass is 14.9. The van der Waals surface area contributed by atoms with Crippen molar-refractivity contribution in [1.29, 1.82) is 0 Å². The van der Waals surface area contributed by atoms with Crippen molar-refractivity contribution in [1.82, 2.24) is 10.6 Å². The van der Waals surface area contributed by atoms with Gasteiger partial charge in [0.25, 0.3) is 0 Å². The van der Waals surface area contributed by atoms with Crippen LogP contribution in [-0.2, 0) is 0 Å². The zero-order chi connectivity index (χ0) is 10.3. The van der Waals surface area contributed by atoms with Crippen LogP contribution in [0, 0.1) is 11.3 Å². The van der Waals surface area contributed by atoms with Crippen molar-refractivity contribution in [2.75, 3.05) is 26.7 Å². The zero-order valence-electron chi connectivity index (χ0n) is 9.91. The molecule has 0 rings (SSSR count). The molecule has 80 valence electrons. The first-order chi connectivity index (χ1) is 6.02. The van der Waals surface area contributed by atoms with Gasteiger partial charge in [0.05, 0.1) is 0 Å². The molecule has 2 heteroatoms. The van der Waals surface area contributed by atoms with Gasteiger partial charge in [0.2, 0.25) is 0 Å². The first-order valence-corrected chi connectivity index (χ1v) is 5.37. The Morgan fingerprint density at radius 3 is 2.31 bits per heavy atom. The summed E-state index contributed by atoms with van der Waals surface area (Å²) in [6.45, 7) is 12.5. The van der Waals surface area contributed by atoms with Crippen molar-refractivity contribution < 1.29 is 0 Å². The lowest BCUT2D eigenvalue weighted by atomic mass is 9.90. The number of nitrogens with one attached hydrogen (secondary N) is 2. The number of rotatable bonds is 7. The molecule has 0 aliphatic rings. The molecule has 0 aliphatic carbocycles. The van der Waals surface area contributed by atoms with Gasteiger partial charge in [-0.1, -0.05) is 27.7 Å². The van der Waals surface area contributed by atoms with Crippen LogP contribution in [0.15, 0.2) is 0 Å². The first kappa shape index (κ1) is 12.9. The second-order valence-electron chi connectivity index (χ2n) is 4.81. The monoisotopic (exact) mass is 186 g/mol. The molecule has 0 aromatic heterocycles. The van der Waals surface area contributed by atoms with Gasteiger partial charge in [0, 0.05) is 6.54 Å². The molecule has 0 radical (unpaired) electrons. The van der Waals surface area contributed by atoms with E-state index in [0.717, 1.165) is 25.6 Å². The molecule has 0 bridgehead atoms. The molecule has 0 spiro atoms. The summed E-state index contributed by atoms with van der Waals surface area (Å²) in [4.78, 5) is 0. The Hall–Kier alpha value is -0.0800. The van der Waals surface area contributed by atoms with E-state index in [-0.39, 0.29) is 0 Å². The van der Waals surface area contributed by atoms with Crippen LogP contribution in [0.3, 0.4) is 0 Å². The summed E-state index contributed by atoms with van der Waals surface area (Å²) in [7, 11) is 2.01. The average molecular weight is 186 g/mol. The van der Waals surface area contributed by atoms with Crippen molar-refractivity contribution in [3.63, 3.8) is 0 Å². The smallest absolute Gasteiger partial charge is 0.000254 e. The van der Waals surface area contributed by atoms with E-state index in [1.54, 1.807) is 0 Å². The Balaban J connectivity index is 3.44. The second kappa shape index (κ2) is 6.39. The molecule has 0 saturated heterocycles. The quantitative estimate of drug-likeness (QED) is 0.634. The summed E-state index contributed by atoms with van der Waals surface area (Å²) < 4.78 is 0. The van der Waals surface area contributed by atoms with Gasteiger partial charge in [-0.2, -0.15) is 0 Å². The van der Waals surface area contributed by atoms with Crippen LogP contribution in [0.4, 0.5) is 0 Å². The highest BCUT2D eigenvalue weighted by Crippen LogP contribution is 2.17. The summed E-state index contributed by atoms with van der Waals surface area (Å²) in [6, 6.07) is 0. The van der Waals surface area contributed by atoms with Gasteiger partial charge in [-0.05, 0) is 37.9 Å². The van der Waals surface area contributed by atoms with Crippen LogP contribution in [0.1, 0.15) is 34.1 Å². The summed E-state index contributed by atoms with van der Waals surface area (Å²) in [5.74, 6) is 0.720. The van der Waals surface area contributed by atoms with Gasteiger partial charge < -0.3 is 10.6 Å². The van der Waals surface area contributed by atoms with Crippen molar-refractivity contribution in [3.05, 3.63) is 0 Å². The van der Waals surface area contributed by atoms with Gasteiger partial charge >= 0.3 is 0 Å². The standard InChI is InChI=1S/C11H26N2/c1-6-11(3,4)9-13-8-10(2)7-12-5/h10,12-13H,6-9H2,1-5H3. The molecule has 1 atom stereocenters. The van der Waals surface area contributed by atoms with Crippen LogP contribution < -0.4 is 10.6 Å². The minimum absolute atomic E-state index is 0.444. The molecule has 0 fully saturated rings. The minimum Gasteiger partial charge on any atom is -0.319 e. The fourth-order valence-corrected chi connectivity index (χ4v) is 1.20. The van der Waals surface area contributed by atoms with Gasteiger partial charge in [0.1, 0.15) is 0 Å². The van der Waals surface area contributed by atoms with Crippen LogP contribution in [0.25, 0.3) is 0 Å². The van der Waals surface area contributed by atoms with E-state index in [4.69, 9.17) is 0 Å². The predicted molar refractivity (Wildman–Crippen MR) is 60.0 cm³/mol. The topological polar surface area (TPSA) is 24.1 Å². The van der Waals surface area contributed by atoms with Crippen molar-refractivity contribution in [2.45, 2.75) is 34.1 Å². The van der Waals surface area contributed by atoms with E-state index >= 15 is 0 Å². The van der Waals surface area contributed by atoms with E-state index in [9.17, 15) is 0 Å². The lowest BCUT2D eigenvalue weighted by molar-refractivity contribution is 0.317. The zero-order valence-corrected chi connectivity index (χ0v) is 9.91. The minimum atomic E-state index is 0.444. The van der Waals surface area contributed by atoms with Gasteiger partial charge in [0.15, 0.2) is 0 Å². The summed E-state index contributed by atoms with van der Waals surface area (Å²) in [5.41, 5.74) is 0.444. The molecular formula is C11H26N2. The summed E-state index contributed by atoms with van der Waals surface area (Å²) in [6.07, 6.45) is 1.24. The van der Waals surface area contributed by atoms with E-state index in [0.29, 0.717) is 5.41 Å². The molecule has 0 saturated carbocycles. The third-order valence-corrected chi connectivity index (χ3v) is 2.61. The second-order valence-corrected chi connectivity index (χ2v) is 4.81. The highest BCUT2D eigenvalue weighted by molar-refractivity contribution is 4.70. The average Bonchev–Trinajstić information content (AvgIpc) is 2.05. The summed E-state index contributed by atoms with van der Waals surface area (Å²) >= 11 is 0. The molecule has 0 heterocycles. The Morgan fingerprint density at radius 2 is 1.85 bits per heavy atom. The number of hydrogen-bond acceptors (Lipinski definition) is 2. The third-order valence-electron chi connectivity index (χ3n) is 2.61. The normalized spacial score (nSPS) is 14.5. The molecule has 2 N–H and O–H groups in total. The maximum Gasteiger partial charge on any atom is 0.000254 e. The van der Waals surface area contributed by atoms with Crippen LogP contribution in [0.2, 0.25) is 0 Å². The van der Waals surface area contributed by atoms with E-state index < -0.39 is 0 Å². The van der Waals surface area contributed by atoms with Crippen molar-refractivity contribution in [3.8, 4) is 0 Å². The Kier molecular flexibility index (Phi) is 6.35. The Morgan fingerprint density at radius 1 is 1.23 bits per heavy atom. The van der Waals surface area contributed by atoms with Gasteiger partial charge in [-0.25, -0.2) is 0 Å².